The van der Waals surface area contributed by atoms with Crippen LogP contribution in [0.15, 0.2) is 24.5 Å². The van der Waals surface area contributed by atoms with Gasteiger partial charge in [0.2, 0.25) is 0 Å². The number of nitrogens with zero attached hydrogens (tertiary/aromatic N) is 2. The van der Waals surface area contributed by atoms with E-state index in [0.29, 0.717) is 12.0 Å². The Balaban J connectivity index is 1.69. The summed E-state index contributed by atoms with van der Waals surface area (Å²) in [7, 11) is 0. The number of fused-ring (bicyclic) bond motifs is 1. The fourth-order valence-corrected chi connectivity index (χ4v) is 3.25. The molecule has 2 heterocycles. The summed E-state index contributed by atoms with van der Waals surface area (Å²) < 4.78 is 5.86. The Labute approximate surface area is 108 Å². The van der Waals surface area contributed by atoms with Crippen molar-refractivity contribution in [3.05, 3.63) is 30.1 Å². The molecule has 1 saturated carbocycles. The lowest BCUT2D eigenvalue weighted by Crippen LogP contribution is -2.50. The molecule has 4 nitrogen and oxygen atoms in total. The number of aliphatic hydroxyl groups excluding tert-OH is 1. The van der Waals surface area contributed by atoms with Crippen LogP contribution in [0.3, 0.4) is 0 Å². The highest BCUT2D eigenvalue weighted by Crippen LogP contribution is 2.34. The van der Waals surface area contributed by atoms with E-state index >= 15 is 0 Å². The van der Waals surface area contributed by atoms with E-state index in [0.717, 1.165) is 32.5 Å². The van der Waals surface area contributed by atoms with Gasteiger partial charge in [-0.25, -0.2) is 0 Å². The molecule has 1 aliphatic heterocycles. The van der Waals surface area contributed by atoms with Gasteiger partial charge in [-0.1, -0.05) is 6.07 Å². The average Bonchev–Trinajstić information content (AvgIpc) is 2.84. The van der Waals surface area contributed by atoms with Crippen LogP contribution < -0.4 is 0 Å². The van der Waals surface area contributed by atoms with Crippen molar-refractivity contribution in [3.8, 4) is 0 Å². The van der Waals surface area contributed by atoms with Crippen LogP contribution in [0.5, 0.6) is 0 Å². The topological polar surface area (TPSA) is 45.6 Å². The van der Waals surface area contributed by atoms with Gasteiger partial charge in [0, 0.05) is 44.0 Å². The zero-order chi connectivity index (χ0) is 12.4. The van der Waals surface area contributed by atoms with Gasteiger partial charge in [0.25, 0.3) is 0 Å². The van der Waals surface area contributed by atoms with Crippen molar-refractivity contribution in [2.75, 3.05) is 19.8 Å². The highest BCUT2D eigenvalue weighted by molar-refractivity contribution is 5.09. The Morgan fingerprint density at radius 1 is 1.44 bits per heavy atom. The summed E-state index contributed by atoms with van der Waals surface area (Å²) in [6.45, 7) is 2.95. The van der Waals surface area contributed by atoms with Crippen LogP contribution in [-0.4, -0.2) is 46.9 Å². The fraction of sp³-hybridized carbons (Fsp3) is 0.643. The summed E-state index contributed by atoms with van der Waals surface area (Å²) in [6.07, 6.45) is 6.18. The van der Waals surface area contributed by atoms with E-state index in [1.807, 2.05) is 18.5 Å². The monoisotopic (exact) mass is 248 g/mol. The van der Waals surface area contributed by atoms with E-state index < -0.39 is 0 Å². The van der Waals surface area contributed by atoms with Gasteiger partial charge in [-0.3, -0.25) is 9.88 Å². The molecule has 0 radical (unpaired) electrons. The zero-order valence-corrected chi connectivity index (χ0v) is 10.5. The van der Waals surface area contributed by atoms with Crippen LogP contribution >= 0.6 is 0 Å². The second kappa shape index (κ2) is 5.34. The smallest absolute Gasteiger partial charge is 0.0780 e. The molecule has 0 amide bonds. The molecule has 1 aromatic rings. The SMILES string of the molecule is OC[C@@H]1CC[C@H]2[C@H]1OCCN2Cc1cccnc1. The number of hydrogen-bond donors (Lipinski definition) is 1. The van der Waals surface area contributed by atoms with Crippen LogP contribution in [0.2, 0.25) is 0 Å². The first-order valence-corrected chi connectivity index (χ1v) is 6.74. The Hall–Kier alpha value is -0.970. The van der Waals surface area contributed by atoms with Crippen molar-refractivity contribution in [1.29, 1.82) is 0 Å². The molecule has 2 aliphatic rings. The van der Waals surface area contributed by atoms with Crippen molar-refractivity contribution in [2.24, 2.45) is 5.92 Å². The molecule has 0 unspecified atom stereocenters. The first-order chi connectivity index (χ1) is 8.88. The first-order valence-electron chi connectivity index (χ1n) is 6.74. The molecule has 3 rings (SSSR count). The third-order valence-corrected chi connectivity index (χ3v) is 4.18. The molecule has 0 bridgehead atoms. The number of pyridine rings is 1. The third-order valence-electron chi connectivity index (χ3n) is 4.18. The highest BCUT2D eigenvalue weighted by Gasteiger charge is 2.42. The second-order valence-corrected chi connectivity index (χ2v) is 5.25. The van der Waals surface area contributed by atoms with Gasteiger partial charge in [-0.15, -0.1) is 0 Å². The summed E-state index contributed by atoms with van der Waals surface area (Å²) in [5.74, 6) is 0.326. The number of aliphatic hydroxyl groups is 1. The summed E-state index contributed by atoms with van der Waals surface area (Å²) >= 11 is 0. The molecule has 98 valence electrons. The minimum Gasteiger partial charge on any atom is -0.396 e. The molecule has 1 aliphatic carbocycles. The lowest BCUT2D eigenvalue weighted by Gasteiger charge is -2.39. The normalized spacial score (nSPS) is 32.4. The van der Waals surface area contributed by atoms with Crippen molar-refractivity contribution >= 4 is 0 Å². The Morgan fingerprint density at radius 2 is 2.39 bits per heavy atom. The Kier molecular flexibility index (Phi) is 3.59. The minimum absolute atomic E-state index is 0.223. The van der Waals surface area contributed by atoms with E-state index in [2.05, 4.69) is 16.0 Å². The number of aromatic nitrogens is 1. The Morgan fingerprint density at radius 3 is 3.17 bits per heavy atom. The van der Waals surface area contributed by atoms with Gasteiger partial charge < -0.3 is 9.84 Å². The lowest BCUT2D eigenvalue weighted by molar-refractivity contribution is -0.0830. The Bertz CT molecular complexity index is 385. The standard InChI is InChI=1S/C14H20N2O2/c17-10-12-3-4-13-14(12)18-7-6-16(13)9-11-2-1-5-15-8-11/h1-2,5,8,12-14,17H,3-4,6-7,9-10H2/t12-,13-,14-/m0/s1. The molecule has 3 atom stereocenters. The largest absolute Gasteiger partial charge is 0.396 e. The molecule has 0 aromatic carbocycles. The van der Waals surface area contributed by atoms with Crippen LogP contribution in [-0.2, 0) is 11.3 Å². The van der Waals surface area contributed by atoms with Crippen molar-refractivity contribution in [2.45, 2.75) is 31.5 Å². The van der Waals surface area contributed by atoms with Crippen molar-refractivity contribution in [3.63, 3.8) is 0 Å². The quantitative estimate of drug-likeness (QED) is 0.868. The van der Waals surface area contributed by atoms with Crippen molar-refractivity contribution < 1.29 is 9.84 Å². The molecular formula is C14H20N2O2. The second-order valence-electron chi connectivity index (χ2n) is 5.25. The van der Waals surface area contributed by atoms with E-state index in [9.17, 15) is 5.11 Å². The maximum Gasteiger partial charge on any atom is 0.0780 e. The van der Waals surface area contributed by atoms with Crippen LogP contribution in [0, 0.1) is 5.92 Å². The highest BCUT2D eigenvalue weighted by atomic mass is 16.5. The van der Waals surface area contributed by atoms with E-state index in [1.54, 1.807) is 0 Å². The number of rotatable bonds is 3. The predicted octanol–water partition coefficient (Wildman–Crippen LogP) is 1.05. The van der Waals surface area contributed by atoms with E-state index in [4.69, 9.17) is 4.74 Å². The maximum absolute atomic E-state index is 9.37. The van der Waals surface area contributed by atoms with E-state index in [1.165, 1.54) is 5.56 Å². The lowest BCUT2D eigenvalue weighted by atomic mass is 10.0. The molecule has 4 heteroatoms. The molecule has 0 spiro atoms. The van der Waals surface area contributed by atoms with Crippen LogP contribution in [0.1, 0.15) is 18.4 Å². The number of ether oxygens (including phenoxy) is 1. The summed E-state index contributed by atoms with van der Waals surface area (Å²) in [5, 5.41) is 9.37. The van der Waals surface area contributed by atoms with Gasteiger partial charge in [0.05, 0.1) is 12.7 Å². The molecular weight excluding hydrogens is 228 g/mol. The summed E-state index contributed by atoms with van der Waals surface area (Å²) in [5.41, 5.74) is 1.26. The zero-order valence-electron chi connectivity index (χ0n) is 10.5. The van der Waals surface area contributed by atoms with E-state index in [-0.39, 0.29) is 12.7 Å². The van der Waals surface area contributed by atoms with Gasteiger partial charge >= 0.3 is 0 Å². The number of hydrogen-bond acceptors (Lipinski definition) is 4. The van der Waals surface area contributed by atoms with Crippen LogP contribution in [0.25, 0.3) is 0 Å². The molecule has 1 aromatic heterocycles. The van der Waals surface area contributed by atoms with Gasteiger partial charge in [-0.05, 0) is 24.5 Å². The fourth-order valence-electron chi connectivity index (χ4n) is 3.25. The summed E-state index contributed by atoms with van der Waals surface area (Å²) in [4.78, 5) is 6.66. The maximum atomic E-state index is 9.37. The van der Waals surface area contributed by atoms with Crippen LogP contribution in [0.4, 0.5) is 0 Å². The van der Waals surface area contributed by atoms with Gasteiger partial charge in [-0.2, -0.15) is 0 Å². The van der Waals surface area contributed by atoms with Crippen molar-refractivity contribution in [1.82, 2.24) is 9.88 Å². The van der Waals surface area contributed by atoms with Gasteiger partial charge in [0.15, 0.2) is 0 Å². The van der Waals surface area contributed by atoms with Gasteiger partial charge in [0.1, 0.15) is 0 Å². The third kappa shape index (κ3) is 2.28. The minimum atomic E-state index is 0.223. The molecule has 1 N–H and O–H groups in total. The molecule has 2 fully saturated rings. The predicted molar refractivity (Wildman–Crippen MR) is 68.0 cm³/mol. The number of morpholine rings is 1. The molecule has 18 heavy (non-hydrogen) atoms. The average molecular weight is 248 g/mol. The molecule has 1 saturated heterocycles. The first kappa shape index (κ1) is 12.1. The summed E-state index contributed by atoms with van der Waals surface area (Å²) in [6, 6.07) is 4.57.